The number of aliphatic imine (C=N–C) groups is 1. The summed E-state index contributed by atoms with van der Waals surface area (Å²) in [6.07, 6.45) is 50.6. The van der Waals surface area contributed by atoms with Crippen molar-refractivity contribution in [3.63, 3.8) is 0 Å². The molecule has 0 bridgehead atoms. The number of nitrogens with one attached hydrogen (secondary N) is 1. The molecule has 8 aliphatic rings. The molecular weight excluding hydrogens is 597 g/mol. The molecule has 254 valence electrons. The molecule has 3 heterocycles. The summed E-state index contributed by atoms with van der Waals surface area (Å²) in [5.74, 6) is 2.56. The van der Waals surface area contributed by atoms with Crippen LogP contribution in [0.25, 0.3) is 0 Å². The molecule has 0 aromatic heterocycles. The molecule has 0 aromatic rings. The van der Waals surface area contributed by atoms with Gasteiger partial charge in [0.05, 0.1) is 11.5 Å². The van der Waals surface area contributed by atoms with Crippen LogP contribution in [0.1, 0.15) is 71.6 Å². The number of likely N-dealkylation sites (N-methyl/N-ethyl adjacent to an activating group) is 1. The van der Waals surface area contributed by atoms with Gasteiger partial charge in [0.15, 0.2) is 5.71 Å². The predicted octanol–water partition coefficient (Wildman–Crippen LogP) is 8.78. The third kappa shape index (κ3) is 6.05. The Morgan fingerprint density at radius 2 is 1.92 bits per heavy atom. The Morgan fingerprint density at radius 3 is 2.73 bits per heavy atom. The lowest BCUT2D eigenvalue weighted by atomic mass is 9.63. The van der Waals surface area contributed by atoms with E-state index in [4.69, 9.17) is 10.7 Å². The van der Waals surface area contributed by atoms with Crippen molar-refractivity contribution in [1.29, 1.82) is 0 Å². The van der Waals surface area contributed by atoms with Crippen LogP contribution in [0.5, 0.6) is 0 Å². The van der Waals surface area contributed by atoms with Gasteiger partial charge in [0.2, 0.25) is 5.70 Å². The highest BCUT2D eigenvalue weighted by Crippen LogP contribution is 2.48. The quantitative estimate of drug-likeness (QED) is 0.214. The highest BCUT2D eigenvalue weighted by atomic mass is 15.1. The fourth-order valence-corrected chi connectivity index (χ4v) is 10.3. The summed E-state index contributed by atoms with van der Waals surface area (Å²) in [5.41, 5.74) is 16.2. The lowest BCUT2D eigenvalue weighted by Crippen LogP contribution is -2.49. The average Bonchev–Trinajstić information content (AvgIpc) is 3.16. The minimum absolute atomic E-state index is 0.0224. The normalized spacial score (nSPS) is 36.5. The van der Waals surface area contributed by atoms with Crippen LogP contribution in [0.4, 0.5) is 0 Å². The van der Waals surface area contributed by atoms with Gasteiger partial charge in [0.1, 0.15) is 12.6 Å². The van der Waals surface area contributed by atoms with Gasteiger partial charge in [-0.25, -0.2) is 0 Å². The molecular formula is C45H55N4+. The third-order valence-corrected chi connectivity index (χ3v) is 12.8. The summed E-state index contributed by atoms with van der Waals surface area (Å²) in [5, 5.41) is 3.94. The van der Waals surface area contributed by atoms with Crippen LogP contribution >= 0.6 is 0 Å². The average molecular weight is 652 g/mol. The summed E-state index contributed by atoms with van der Waals surface area (Å²) in [7, 11) is 0. The van der Waals surface area contributed by atoms with E-state index in [1.807, 2.05) is 0 Å². The van der Waals surface area contributed by atoms with Crippen LogP contribution in [-0.2, 0) is 0 Å². The lowest BCUT2D eigenvalue weighted by Gasteiger charge is -2.42. The van der Waals surface area contributed by atoms with E-state index >= 15 is 0 Å². The molecule has 3 aliphatic heterocycles. The minimum atomic E-state index is 0.0224. The van der Waals surface area contributed by atoms with E-state index in [2.05, 4.69) is 127 Å². The maximum atomic E-state index is 5.80. The maximum absolute atomic E-state index is 5.80. The molecule has 0 aromatic carbocycles. The smallest absolute Gasteiger partial charge is 0.207 e. The van der Waals surface area contributed by atoms with Gasteiger partial charge in [-0.2, -0.15) is 4.58 Å². The SMILES string of the molecule is CC[N+]1=C2C=CC=C[C@]2(C)C2C=CCCC2=C1C1C=CC(C2CCCC(C3=NC4C=C(/C=C\CN)C=CC4C(C4=CC=CCC4)C3)C2)=CN1. The Kier molecular flexibility index (Phi) is 9.18. The van der Waals surface area contributed by atoms with Gasteiger partial charge in [0, 0.05) is 41.9 Å². The summed E-state index contributed by atoms with van der Waals surface area (Å²) >= 11 is 0. The van der Waals surface area contributed by atoms with E-state index in [1.165, 1.54) is 60.4 Å². The fourth-order valence-electron chi connectivity index (χ4n) is 10.3. The van der Waals surface area contributed by atoms with Crippen molar-refractivity contribution < 1.29 is 4.58 Å². The van der Waals surface area contributed by atoms with E-state index in [-0.39, 0.29) is 17.5 Å². The van der Waals surface area contributed by atoms with Crippen molar-refractivity contribution in [3.05, 3.63) is 131 Å². The molecule has 3 N–H and O–H groups in total. The van der Waals surface area contributed by atoms with Crippen LogP contribution in [0.15, 0.2) is 136 Å². The predicted molar refractivity (Wildman–Crippen MR) is 205 cm³/mol. The molecule has 8 atom stereocenters. The van der Waals surface area contributed by atoms with Crippen molar-refractivity contribution in [2.24, 2.45) is 45.7 Å². The molecule has 49 heavy (non-hydrogen) atoms. The van der Waals surface area contributed by atoms with Gasteiger partial charge < -0.3 is 11.1 Å². The molecule has 4 nitrogen and oxygen atoms in total. The second-order valence-electron chi connectivity index (χ2n) is 15.6. The largest absolute Gasteiger partial charge is 0.375 e. The highest BCUT2D eigenvalue weighted by molar-refractivity contribution is 6.00. The Bertz CT molecular complexity index is 1740. The van der Waals surface area contributed by atoms with Crippen molar-refractivity contribution in [2.75, 3.05) is 13.1 Å². The number of allylic oxidation sites excluding steroid dienone is 16. The van der Waals surface area contributed by atoms with Crippen LogP contribution in [0, 0.1) is 35.0 Å². The molecule has 1 saturated carbocycles. The molecule has 7 unspecified atom stereocenters. The fraction of sp³-hybridized carbons (Fsp3) is 0.467. The second kappa shape index (κ2) is 13.9. The van der Waals surface area contributed by atoms with Gasteiger partial charge in [-0.15, -0.1) is 0 Å². The number of rotatable bonds is 7. The molecule has 0 radical (unpaired) electrons. The number of nitrogens with zero attached hydrogens (tertiary/aromatic N) is 2. The molecule has 5 aliphatic carbocycles. The van der Waals surface area contributed by atoms with Gasteiger partial charge in [0.25, 0.3) is 0 Å². The lowest BCUT2D eigenvalue weighted by molar-refractivity contribution is -0.484. The second-order valence-corrected chi connectivity index (χ2v) is 15.6. The van der Waals surface area contributed by atoms with Gasteiger partial charge >= 0.3 is 0 Å². The van der Waals surface area contributed by atoms with E-state index < -0.39 is 0 Å². The van der Waals surface area contributed by atoms with E-state index in [0.29, 0.717) is 36.1 Å². The monoisotopic (exact) mass is 651 g/mol. The van der Waals surface area contributed by atoms with Crippen molar-refractivity contribution in [2.45, 2.75) is 83.7 Å². The van der Waals surface area contributed by atoms with Crippen molar-refractivity contribution in [1.82, 2.24) is 5.32 Å². The number of nitrogens with two attached hydrogens (primary N) is 1. The Balaban J connectivity index is 1.03. The standard InChI is InChI=1S/C45H55N4/c1-3-49-43-20-9-10-25-45(43,2)39-19-8-7-18-37(39)44(49)40-24-22-35(30-47-40)33-16-11-17-34(28-33)41-29-38(32-14-5-4-6-15-32)36-23-21-31(13-12-26-46)27-42(36)48-41/h4-5,8-10,12-14,19-25,27,30,33-34,36,38-40,42,47H,3,6-7,11,15-18,26,28-29,46H2,1-2H3/q+1/b13-12-/t33?,34?,36?,38?,39?,40?,42?,45-/m1/s1. The first-order chi connectivity index (χ1) is 24.1. The Labute approximate surface area is 294 Å². The zero-order chi connectivity index (χ0) is 33.4. The minimum Gasteiger partial charge on any atom is -0.375 e. The van der Waals surface area contributed by atoms with Gasteiger partial charge in [-0.3, -0.25) is 4.99 Å². The molecule has 1 fully saturated rings. The molecule has 4 heteroatoms. The topological polar surface area (TPSA) is 53.4 Å². The van der Waals surface area contributed by atoms with E-state index in [9.17, 15) is 0 Å². The summed E-state index contributed by atoms with van der Waals surface area (Å²) in [6.45, 7) is 6.30. The maximum Gasteiger partial charge on any atom is 0.207 e. The van der Waals surface area contributed by atoms with Crippen molar-refractivity contribution >= 4 is 11.4 Å². The first-order valence-electron chi connectivity index (χ1n) is 19.3. The Morgan fingerprint density at radius 1 is 1.02 bits per heavy atom. The summed E-state index contributed by atoms with van der Waals surface area (Å²) in [4.78, 5) is 5.57. The zero-order valence-electron chi connectivity index (χ0n) is 29.6. The van der Waals surface area contributed by atoms with Crippen LogP contribution in [-0.4, -0.2) is 41.2 Å². The Hall–Kier alpha value is -3.76. The number of hydrogen-bond donors (Lipinski definition) is 2. The summed E-state index contributed by atoms with van der Waals surface area (Å²) in [6, 6.07) is 0.425. The summed E-state index contributed by atoms with van der Waals surface area (Å²) < 4.78 is 2.62. The van der Waals surface area contributed by atoms with Crippen LogP contribution < -0.4 is 11.1 Å². The van der Waals surface area contributed by atoms with Crippen LogP contribution in [0.2, 0.25) is 0 Å². The molecule has 0 saturated heterocycles. The molecule has 8 rings (SSSR count). The van der Waals surface area contributed by atoms with E-state index in [0.717, 1.165) is 32.2 Å². The van der Waals surface area contributed by atoms with Gasteiger partial charge in [-0.1, -0.05) is 103 Å². The highest BCUT2D eigenvalue weighted by Gasteiger charge is 2.50. The van der Waals surface area contributed by atoms with Gasteiger partial charge in [-0.05, 0) is 94.1 Å². The first kappa shape index (κ1) is 32.4. The van der Waals surface area contributed by atoms with E-state index in [1.54, 1.807) is 11.1 Å². The first-order valence-corrected chi connectivity index (χ1v) is 19.3. The number of dihydropyridines is 1. The van der Waals surface area contributed by atoms with Crippen molar-refractivity contribution in [3.8, 4) is 0 Å². The third-order valence-electron chi connectivity index (χ3n) is 12.8. The van der Waals surface area contributed by atoms with Crippen LogP contribution in [0.3, 0.4) is 0 Å². The number of hydrogen-bond acceptors (Lipinski definition) is 3. The molecule has 0 amide bonds. The molecule has 0 spiro atoms. The number of fused-ring (bicyclic) bond motifs is 4. The zero-order valence-corrected chi connectivity index (χ0v) is 29.6.